The maximum absolute atomic E-state index is 11.4. The zero-order chi connectivity index (χ0) is 12.6. The molecule has 0 bridgehead atoms. The zero-order valence-electron chi connectivity index (χ0n) is 9.69. The lowest BCUT2D eigenvalue weighted by atomic mass is 10.2. The lowest BCUT2D eigenvalue weighted by Gasteiger charge is -2.15. The van der Waals surface area contributed by atoms with Crippen LogP contribution in [0.5, 0.6) is 0 Å². The van der Waals surface area contributed by atoms with Crippen LogP contribution in [0.2, 0.25) is 0 Å². The molecule has 0 aliphatic carbocycles. The van der Waals surface area contributed by atoms with E-state index in [-0.39, 0.29) is 18.9 Å². The molecule has 1 amide bonds. The van der Waals surface area contributed by atoms with Crippen molar-refractivity contribution in [3.63, 3.8) is 0 Å². The second-order valence-electron chi connectivity index (χ2n) is 3.67. The molecule has 0 aromatic heterocycles. The molecule has 16 heavy (non-hydrogen) atoms. The predicted molar refractivity (Wildman–Crippen MR) is 59.0 cm³/mol. The second-order valence-corrected chi connectivity index (χ2v) is 3.67. The van der Waals surface area contributed by atoms with E-state index in [9.17, 15) is 14.7 Å². The fraction of sp³-hybridized carbons (Fsp3) is 0.800. The lowest BCUT2D eigenvalue weighted by molar-refractivity contribution is -0.139. The molecular weight excluding hydrogens is 212 g/mol. The molecule has 0 aliphatic heterocycles. The number of hydrogen-bond acceptors (Lipinski definition) is 4. The summed E-state index contributed by atoms with van der Waals surface area (Å²) in [5.74, 6) is -1.21. The number of nitrogens with one attached hydrogen (secondary N) is 2. The van der Waals surface area contributed by atoms with Crippen molar-refractivity contribution in [3.05, 3.63) is 0 Å². The molecular formula is C10H20N2O4. The molecule has 94 valence electrons. The minimum atomic E-state index is -1.06. The summed E-state index contributed by atoms with van der Waals surface area (Å²) in [4.78, 5) is 21.6. The van der Waals surface area contributed by atoms with Gasteiger partial charge in [0.1, 0.15) is 0 Å². The van der Waals surface area contributed by atoms with Crippen LogP contribution in [0.3, 0.4) is 0 Å². The van der Waals surface area contributed by atoms with E-state index >= 15 is 0 Å². The van der Waals surface area contributed by atoms with Crippen LogP contribution in [0.25, 0.3) is 0 Å². The van der Waals surface area contributed by atoms with Gasteiger partial charge in [-0.25, -0.2) is 0 Å². The number of hydrogen-bond donors (Lipinski definition) is 4. The SMILES string of the molecule is CCCNC(=O)C(C)NCC(O)CC(=O)O. The van der Waals surface area contributed by atoms with Crippen molar-refractivity contribution in [1.82, 2.24) is 10.6 Å². The number of aliphatic hydroxyl groups is 1. The molecule has 2 unspecified atom stereocenters. The maximum Gasteiger partial charge on any atom is 0.306 e. The van der Waals surface area contributed by atoms with Gasteiger partial charge >= 0.3 is 5.97 Å². The quantitative estimate of drug-likeness (QED) is 0.445. The molecule has 4 N–H and O–H groups in total. The molecule has 6 nitrogen and oxygen atoms in total. The minimum Gasteiger partial charge on any atom is -0.481 e. The van der Waals surface area contributed by atoms with Gasteiger partial charge in [-0.05, 0) is 13.3 Å². The van der Waals surface area contributed by atoms with E-state index in [0.29, 0.717) is 6.54 Å². The Bertz CT molecular complexity index is 233. The predicted octanol–water partition coefficient (Wildman–Crippen LogP) is -0.674. The van der Waals surface area contributed by atoms with Crippen LogP contribution in [-0.4, -0.2) is 47.3 Å². The molecule has 0 rings (SSSR count). The standard InChI is InChI=1S/C10H20N2O4/c1-3-4-11-10(16)7(2)12-6-8(13)5-9(14)15/h7-8,12-13H,3-6H2,1-2H3,(H,11,16)(H,14,15). The highest BCUT2D eigenvalue weighted by Crippen LogP contribution is 1.91. The van der Waals surface area contributed by atoms with Crippen molar-refractivity contribution < 1.29 is 19.8 Å². The normalized spacial score (nSPS) is 14.2. The van der Waals surface area contributed by atoms with Gasteiger partial charge in [-0.15, -0.1) is 0 Å². The third-order valence-corrected chi connectivity index (χ3v) is 2.01. The Kier molecular flexibility index (Phi) is 7.49. The van der Waals surface area contributed by atoms with Gasteiger partial charge in [0.25, 0.3) is 0 Å². The lowest BCUT2D eigenvalue weighted by Crippen LogP contribution is -2.45. The van der Waals surface area contributed by atoms with Crippen molar-refractivity contribution in [2.24, 2.45) is 0 Å². The summed E-state index contributed by atoms with van der Waals surface area (Å²) >= 11 is 0. The fourth-order valence-electron chi connectivity index (χ4n) is 1.08. The van der Waals surface area contributed by atoms with Crippen LogP contribution in [0.1, 0.15) is 26.7 Å². The van der Waals surface area contributed by atoms with Gasteiger partial charge in [0.05, 0.1) is 18.6 Å². The van der Waals surface area contributed by atoms with E-state index in [1.54, 1.807) is 6.92 Å². The fourth-order valence-corrected chi connectivity index (χ4v) is 1.08. The van der Waals surface area contributed by atoms with Crippen molar-refractivity contribution >= 4 is 11.9 Å². The maximum atomic E-state index is 11.4. The molecule has 0 saturated heterocycles. The number of carbonyl (C=O) groups excluding carboxylic acids is 1. The minimum absolute atomic E-state index is 0.0903. The van der Waals surface area contributed by atoms with E-state index < -0.39 is 18.1 Å². The van der Waals surface area contributed by atoms with Crippen LogP contribution in [0.4, 0.5) is 0 Å². The first kappa shape index (κ1) is 14.9. The molecule has 0 aromatic rings. The van der Waals surface area contributed by atoms with Crippen molar-refractivity contribution in [2.75, 3.05) is 13.1 Å². The van der Waals surface area contributed by atoms with Crippen LogP contribution in [0.15, 0.2) is 0 Å². The van der Waals surface area contributed by atoms with Gasteiger partial charge in [-0.1, -0.05) is 6.92 Å². The van der Waals surface area contributed by atoms with Gasteiger partial charge in [0, 0.05) is 13.1 Å². The Morgan fingerprint density at radius 1 is 1.38 bits per heavy atom. The van der Waals surface area contributed by atoms with Gasteiger partial charge in [-0.3, -0.25) is 9.59 Å². The van der Waals surface area contributed by atoms with Crippen LogP contribution < -0.4 is 10.6 Å². The summed E-state index contributed by atoms with van der Waals surface area (Å²) in [5, 5.41) is 23.1. The molecule has 0 aliphatic rings. The molecule has 0 aromatic carbocycles. The molecule has 0 saturated carbocycles. The van der Waals surface area contributed by atoms with E-state index in [1.165, 1.54) is 0 Å². The topological polar surface area (TPSA) is 98.7 Å². The van der Waals surface area contributed by atoms with Crippen molar-refractivity contribution in [1.29, 1.82) is 0 Å². The van der Waals surface area contributed by atoms with Crippen molar-refractivity contribution in [2.45, 2.75) is 38.8 Å². The number of aliphatic hydroxyl groups excluding tert-OH is 1. The third kappa shape index (κ3) is 7.19. The number of carbonyl (C=O) groups is 2. The summed E-state index contributed by atoms with van der Waals surface area (Å²) in [7, 11) is 0. The zero-order valence-corrected chi connectivity index (χ0v) is 9.69. The Balaban J connectivity index is 3.74. The summed E-state index contributed by atoms with van der Waals surface area (Å²) in [5.41, 5.74) is 0. The van der Waals surface area contributed by atoms with Crippen LogP contribution >= 0.6 is 0 Å². The Labute approximate surface area is 95.0 Å². The molecule has 0 spiro atoms. The van der Waals surface area contributed by atoms with Gasteiger partial charge in [-0.2, -0.15) is 0 Å². The summed E-state index contributed by atoms with van der Waals surface area (Å²) < 4.78 is 0. The molecule has 2 atom stereocenters. The number of carboxylic acid groups (broad SMARTS) is 1. The van der Waals surface area contributed by atoms with Gasteiger partial charge in [0.15, 0.2) is 0 Å². The number of carboxylic acids is 1. The van der Waals surface area contributed by atoms with Gasteiger partial charge < -0.3 is 20.8 Å². The van der Waals surface area contributed by atoms with E-state index in [4.69, 9.17) is 5.11 Å². The Morgan fingerprint density at radius 2 is 2.00 bits per heavy atom. The Hall–Kier alpha value is -1.14. The monoisotopic (exact) mass is 232 g/mol. The highest BCUT2D eigenvalue weighted by atomic mass is 16.4. The average Bonchev–Trinajstić information content (AvgIpc) is 2.21. The first-order chi connectivity index (χ1) is 7.47. The highest BCUT2D eigenvalue weighted by Gasteiger charge is 2.14. The largest absolute Gasteiger partial charge is 0.481 e. The summed E-state index contributed by atoms with van der Waals surface area (Å²) in [6, 6.07) is -0.435. The van der Waals surface area contributed by atoms with E-state index in [0.717, 1.165) is 6.42 Å². The molecule has 6 heteroatoms. The average molecular weight is 232 g/mol. The number of amides is 1. The Morgan fingerprint density at radius 3 is 2.50 bits per heavy atom. The van der Waals surface area contributed by atoms with Gasteiger partial charge in [0.2, 0.25) is 5.91 Å². The second kappa shape index (κ2) is 8.06. The smallest absolute Gasteiger partial charge is 0.306 e. The van der Waals surface area contributed by atoms with Crippen LogP contribution in [0, 0.1) is 0 Å². The van der Waals surface area contributed by atoms with Crippen LogP contribution in [-0.2, 0) is 9.59 Å². The van der Waals surface area contributed by atoms with Crippen molar-refractivity contribution in [3.8, 4) is 0 Å². The van der Waals surface area contributed by atoms with E-state index in [2.05, 4.69) is 10.6 Å². The molecule has 0 heterocycles. The van der Waals surface area contributed by atoms with E-state index in [1.807, 2.05) is 6.92 Å². The number of aliphatic carboxylic acids is 1. The highest BCUT2D eigenvalue weighted by molar-refractivity contribution is 5.81. The summed E-state index contributed by atoms with van der Waals surface area (Å²) in [6.07, 6.45) is -0.435. The first-order valence-corrected chi connectivity index (χ1v) is 5.38. The molecule has 0 radical (unpaired) electrons. The summed E-state index contributed by atoms with van der Waals surface area (Å²) in [6.45, 7) is 4.32. The third-order valence-electron chi connectivity index (χ3n) is 2.01. The number of rotatable bonds is 8. The molecule has 0 fully saturated rings. The first-order valence-electron chi connectivity index (χ1n) is 5.38.